The molecule has 14 heavy (non-hydrogen) atoms. The first-order chi connectivity index (χ1) is 6.88. The maximum Gasteiger partial charge on any atom is 0.0314 e. The lowest BCUT2D eigenvalue weighted by molar-refractivity contribution is 0.447. The molecule has 1 N–H and O–H groups in total. The average molecular weight is 214 g/mol. The van der Waals surface area contributed by atoms with Gasteiger partial charge < -0.3 is 4.89 Å². The quantitative estimate of drug-likeness (QED) is 0.688. The summed E-state index contributed by atoms with van der Waals surface area (Å²) in [6.07, 6.45) is 13.6. The van der Waals surface area contributed by atoms with E-state index in [1.807, 2.05) is 0 Å². The van der Waals surface area contributed by atoms with E-state index < -0.39 is 8.15 Å². The van der Waals surface area contributed by atoms with Gasteiger partial charge in [0.05, 0.1) is 0 Å². The highest BCUT2D eigenvalue weighted by Gasteiger charge is 2.29. The minimum atomic E-state index is -0.617. The van der Waals surface area contributed by atoms with Crippen molar-refractivity contribution in [2.24, 2.45) is 0 Å². The molecule has 0 amide bonds. The maximum absolute atomic E-state index is 10.4. The lowest BCUT2D eigenvalue weighted by atomic mass is 10.00. The number of rotatable bonds is 2. The van der Waals surface area contributed by atoms with Crippen LogP contribution in [0.25, 0.3) is 0 Å². The van der Waals surface area contributed by atoms with Crippen LogP contribution in [0.15, 0.2) is 0 Å². The summed E-state index contributed by atoms with van der Waals surface area (Å²) >= 11 is 0. The molecular weight excluding hydrogens is 191 g/mol. The van der Waals surface area contributed by atoms with Crippen LogP contribution in [0.3, 0.4) is 0 Å². The SMILES string of the molecule is OP(C1CCCCC1)C1CCCCC1. The molecule has 1 nitrogen and oxygen atoms in total. The molecule has 0 atom stereocenters. The standard InChI is InChI=1S/C12H23OP/c13-14(11-7-3-1-4-8-11)12-9-5-2-6-10-12/h11-13H,1-10H2. The average Bonchev–Trinajstić information content (AvgIpc) is 2.30. The van der Waals surface area contributed by atoms with Crippen molar-refractivity contribution >= 4 is 8.15 Å². The lowest BCUT2D eigenvalue weighted by Crippen LogP contribution is -2.19. The summed E-state index contributed by atoms with van der Waals surface area (Å²) in [4.78, 5) is 10.4. The van der Waals surface area contributed by atoms with Crippen LogP contribution in [0.5, 0.6) is 0 Å². The summed E-state index contributed by atoms with van der Waals surface area (Å²) in [7, 11) is -0.617. The largest absolute Gasteiger partial charge is 0.373 e. The Labute approximate surface area is 89.1 Å². The van der Waals surface area contributed by atoms with Gasteiger partial charge in [-0.15, -0.1) is 0 Å². The van der Waals surface area contributed by atoms with E-state index in [0.717, 1.165) is 0 Å². The fraction of sp³-hybridized carbons (Fsp3) is 1.00. The summed E-state index contributed by atoms with van der Waals surface area (Å²) in [6, 6.07) is 0. The van der Waals surface area contributed by atoms with Gasteiger partial charge in [0.2, 0.25) is 0 Å². The maximum atomic E-state index is 10.4. The van der Waals surface area contributed by atoms with Gasteiger partial charge in [-0.25, -0.2) is 0 Å². The highest BCUT2D eigenvalue weighted by atomic mass is 31.1. The van der Waals surface area contributed by atoms with Crippen LogP contribution >= 0.6 is 8.15 Å². The Hall–Kier alpha value is 0.390. The zero-order chi connectivity index (χ0) is 9.80. The van der Waals surface area contributed by atoms with Crippen molar-refractivity contribution in [2.75, 3.05) is 0 Å². The first-order valence-electron chi connectivity index (χ1n) is 6.35. The molecular formula is C12H23OP. The molecule has 0 spiro atoms. The molecule has 2 aliphatic rings. The van der Waals surface area contributed by atoms with E-state index >= 15 is 0 Å². The van der Waals surface area contributed by atoms with Gasteiger partial charge in [0.15, 0.2) is 0 Å². The Kier molecular flexibility index (Phi) is 4.25. The van der Waals surface area contributed by atoms with Crippen LogP contribution in [-0.2, 0) is 0 Å². The summed E-state index contributed by atoms with van der Waals surface area (Å²) in [5, 5.41) is 0. The Morgan fingerprint density at radius 1 is 0.643 bits per heavy atom. The van der Waals surface area contributed by atoms with Crippen molar-refractivity contribution in [1.82, 2.24) is 0 Å². The third-order valence-corrected chi connectivity index (χ3v) is 6.43. The predicted octanol–water partition coefficient (Wildman–Crippen LogP) is 4.04. The number of hydrogen-bond acceptors (Lipinski definition) is 1. The fourth-order valence-corrected chi connectivity index (χ4v) is 5.37. The molecule has 82 valence electrons. The Balaban J connectivity index is 1.82. The van der Waals surface area contributed by atoms with E-state index in [2.05, 4.69) is 0 Å². The zero-order valence-electron chi connectivity index (χ0n) is 9.12. The first-order valence-corrected chi connectivity index (χ1v) is 7.78. The van der Waals surface area contributed by atoms with Crippen molar-refractivity contribution in [1.29, 1.82) is 0 Å². The molecule has 0 radical (unpaired) electrons. The third-order valence-electron chi connectivity index (χ3n) is 3.90. The van der Waals surface area contributed by atoms with Crippen molar-refractivity contribution in [3.05, 3.63) is 0 Å². The van der Waals surface area contributed by atoms with Crippen LogP contribution in [-0.4, -0.2) is 16.2 Å². The molecule has 0 unspecified atom stereocenters. The third kappa shape index (κ3) is 2.70. The van der Waals surface area contributed by atoms with E-state index in [0.29, 0.717) is 11.3 Å². The summed E-state index contributed by atoms with van der Waals surface area (Å²) in [5.74, 6) is 0. The van der Waals surface area contributed by atoms with Crippen LogP contribution in [0.4, 0.5) is 0 Å². The van der Waals surface area contributed by atoms with Gasteiger partial charge in [-0.05, 0) is 25.7 Å². The van der Waals surface area contributed by atoms with Crippen LogP contribution in [0, 0.1) is 0 Å². The van der Waals surface area contributed by atoms with Crippen LogP contribution < -0.4 is 0 Å². The minimum absolute atomic E-state index is 0.617. The second-order valence-corrected chi connectivity index (χ2v) is 7.18. The second kappa shape index (κ2) is 5.47. The summed E-state index contributed by atoms with van der Waals surface area (Å²) in [5.41, 5.74) is 1.42. The molecule has 0 saturated heterocycles. The summed E-state index contributed by atoms with van der Waals surface area (Å²) in [6.45, 7) is 0. The van der Waals surface area contributed by atoms with Gasteiger partial charge in [-0.2, -0.15) is 0 Å². The van der Waals surface area contributed by atoms with E-state index in [1.54, 1.807) is 0 Å². The molecule has 2 fully saturated rings. The van der Waals surface area contributed by atoms with E-state index in [-0.39, 0.29) is 0 Å². The molecule has 2 rings (SSSR count). The lowest BCUT2D eigenvalue weighted by Gasteiger charge is -2.34. The van der Waals surface area contributed by atoms with Crippen molar-refractivity contribution in [2.45, 2.75) is 75.5 Å². The normalized spacial score (nSPS) is 27.0. The van der Waals surface area contributed by atoms with Gasteiger partial charge >= 0.3 is 0 Å². The molecule has 0 aromatic rings. The van der Waals surface area contributed by atoms with E-state index in [9.17, 15) is 4.89 Å². The molecule has 0 aromatic carbocycles. The van der Waals surface area contributed by atoms with Gasteiger partial charge in [-0.1, -0.05) is 38.5 Å². The highest BCUT2D eigenvalue weighted by Crippen LogP contribution is 2.52. The van der Waals surface area contributed by atoms with Crippen LogP contribution in [0.2, 0.25) is 0 Å². The topological polar surface area (TPSA) is 20.2 Å². The van der Waals surface area contributed by atoms with Gasteiger partial charge in [-0.3, -0.25) is 0 Å². The molecule has 2 saturated carbocycles. The predicted molar refractivity (Wildman–Crippen MR) is 62.9 cm³/mol. The molecule has 0 heterocycles. The monoisotopic (exact) mass is 214 g/mol. The number of hydrogen-bond donors (Lipinski definition) is 1. The molecule has 2 heteroatoms. The van der Waals surface area contributed by atoms with Crippen LogP contribution in [0.1, 0.15) is 64.2 Å². The fourth-order valence-electron chi connectivity index (χ4n) is 2.99. The highest BCUT2D eigenvalue weighted by molar-refractivity contribution is 7.53. The first kappa shape index (κ1) is 10.9. The smallest absolute Gasteiger partial charge is 0.0314 e. The Morgan fingerprint density at radius 3 is 1.36 bits per heavy atom. The second-order valence-electron chi connectivity index (χ2n) is 4.96. The van der Waals surface area contributed by atoms with E-state index in [1.165, 1.54) is 64.2 Å². The van der Waals surface area contributed by atoms with E-state index in [4.69, 9.17) is 0 Å². The minimum Gasteiger partial charge on any atom is -0.373 e. The van der Waals surface area contributed by atoms with Crippen molar-refractivity contribution in [3.8, 4) is 0 Å². The van der Waals surface area contributed by atoms with Gasteiger partial charge in [0, 0.05) is 19.5 Å². The Morgan fingerprint density at radius 2 is 1.00 bits per heavy atom. The molecule has 2 aliphatic carbocycles. The van der Waals surface area contributed by atoms with Crippen molar-refractivity contribution in [3.63, 3.8) is 0 Å². The molecule has 0 bridgehead atoms. The van der Waals surface area contributed by atoms with Gasteiger partial charge in [0.25, 0.3) is 0 Å². The molecule has 0 aliphatic heterocycles. The molecule has 0 aromatic heterocycles. The Bertz CT molecular complexity index is 142. The van der Waals surface area contributed by atoms with Crippen molar-refractivity contribution < 1.29 is 4.89 Å². The van der Waals surface area contributed by atoms with Gasteiger partial charge in [0.1, 0.15) is 0 Å². The zero-order valence-corrected chi connectivity index (χ0v) is 10.0. The summed E-state index contributed by atoms with van der Waals surface area (Å²) < 4.78 is 0.